The molecular formula is C19H21FN2O3. The van der Waals surface area contributed by atoms with Gasteiger partial charge in [0.05, 0.1) is 6.54 Å². The normalized spacial score (nSPS) is 15.5. The third-order valence-corrected chi connectivity index (χ3v) is 3.87. The number of benzene rings is 2. The van der Waals surface area contributed by atoms with Crippen molar-refractivity contribution in [2.75, 3.05) is 25.0 Å². The average Bonchev–Trinajstić information content (AvgIpc) is 2.63. The minimum absolute atomic E-state index is 0.236. The summed E-state index contributed by atoms with van der Waals surface area (Å²) in [5.41, 5.74) is 0.554. The molecule has 1 N–H and O–H groups in total. The lowest BCUT2D eigenvalue weighted by atomic mass is 10.2. The van der Waals surface area contributed by atoms with Crippen molar-refractivity contribution < 1.29 is 18.7 Å². The number of carbonyl (C=O) groups excluding carboxylic acids is 1. The first kappa shape index (κ1) is 17.1. The van der Waals surface area contributed by atoms with Gasteiger partial charge in [0.15, 0.2) is 17.6 Å². The van der Waals surface area contributed by atoms with E-state index in [1.165, 1.54) is 24.3 Å². The van der Waals surface area contributed by atoms with E-state index in [0.29, 0.717) is 31.1 Å². The Balaban J connectivity index is 1.63. The molecular weight excluding hydrogens is 323 g/mol. The van der Waals surface area contributed by atoms with Crippen molar-refractivity contribution in [2.24, 2.45) is 0 Å². The zero-order valence-corrected chi connectivity index (χ0v) is 14.1. The van der Waals surface area contributed by atoms with E-state index in [-0.39, 0.29) is 18.0 Å². The molecule has 6 heteroatoms. The lowest BCUT2D eigenvalue weighted by molar-refractivity contribution is 0.0682. The monoisotopic (exact) mass is 344 g/mol. The van der Waals surface area contributed by atoms with Gasteiger partial charge in [0, 0.05) is 12.2 Å². The molecule has 2 aromatic carbocycles. The van der Waals surface area contributed by atoms with Gasteiger partial charge in [-0.05, 0) is 42.8 Å². The van der Waals surface area contributed by atoms with E-state index in [2.05, 4.69) is 5.32 Å². The van der Waals surface area contributed by atoms with Crippen molar-refractivity contribution in [1.29, 1.82) is 0 Å². The molecule has 0 saturated heterocycles. The topological polar surface area (TPSA) is 50.8 Å². The van der Waals surface area contributed by atoms with Gasteiger partial charge in [0.1, 0.15) is 12.4 Å². The van der Waals surface area contributed by atoms with E-state index in [0.717, 1.165) is 12.2 Å². The van der Waals surface area contributed by atoms with Crippen molar-refractivity contribution in [1.82, 2.24) is 4.90 Å². The molecule has 1 atom stereocenters. The fourth-order valence-electron chi connectivity index (χ4n) is 2.68. The first-order valence-corrected chi connectivity index (χ1v) is 8.35. The lowest BCUT2D eigenvalue weighted by Crippen LogP contribution is -2.45. The van der Waals surface area contributed by atoms with Crippen LogP contribution in [0.1, 0.15) is 13.3 Å². The standard InChI is InChI=1S/C19H21FN2O3/c1-2-11-22(19(23)21-15-9-7-14(20)8-10-15)12-16-13-24-17-5-3-4-6-18(17)25-16/h3-10,16H,2,11-13H2,1H3,(H,21,23). The quantitative estimate of drug-likeness (QED) is 0.895. The van der Waals surface area contributed by atoms with E-state index in [1.807, 2.05) is 31.2 Å². The molecule has 0 aliphatic carbocycles. The summed E-state index contributed by atoms with van der Waals surface area (Å²) in [4.78, 5) is 14.2. The van der Waals surface area contributed by atoms with Crippen molar-refractivity contribution in [3.63, 3.8) is 0 Å². The molecule has 2 amide bonds. The highest BCUT2D eigenvalue weighted by Gasteiger charge is 2.25. The highest BCUT2D eigenvalue weighted by atomic mass is 19.1. The molecule has 0 bridgehead atoms. The number of rotatable bonds is 5. The second-order valence-corrected chi connectivity index (χ2v) is 5.88. The molecule has 25 heavy (non-hydrogen) atoms. The van der Waals surface area contributed by atoms with E-state index in [1.54, 1.807) is 4.90 Å². The van der Waals surface area contributed by atoms with E-state index >= 15 is 0 Å². The average molecular weight is 344 g/mol. The Labute approximate surface area is 146 Å². The number of para-hydroxylation sites is 2. The molecule has 1 unspecified atom stereocenters. The molecule has 1 aliphatic rings. The number of nitrogens with one attached hydrogen (secondary N) is 1. The van der Waals surface area contributed by atoms with Crippen molar-refractivity contribution in [3.8, 4) is 11.5 Å². The van der Waals surface area contributed by atoms with Gasteiger partial charge in [-0.3, -0.25) is 0 Å². The number of hydrogen-bond acceptors (Lipinski definition) is 3. The van der Waals surface area contributed by atoms with Gasteiger partial charge in [0.2, 0.25) is 0 Å². The van der Waals surface area contributed by atoms with E-state index < -0.39 is 0 Å². The maximum absolute atomic E-state index is 13.0. The molecule has 132 valence electrons. The summed E-state index contributed by atoms with van der Waals surface area (Å²) < 4.78 is 24.6. The predicted molar refractivity (Wildman–Crippen MR) is 93.6 cm³/mol. The molecule has 0 spiro atoms. The number of amides is 2. The summed E-state index contributed by atoms with van der Waals surface area (Å²) in [6.07, 6.45) is 0.585. The van der Waals surface area contributed by atoms with Crippen LogP contribution >= 0.6 is 0 Å². The minimum atomic E-state index is -0.338. The van der Waals surface area contributed by atoms with E-state index in [9.17, 15) is 9.18 Å². The Morgan fingerprint density at radius 2 is 1.92 bits per heavy atom. The number of ether oxygens (including phenoxy) is 2. The summed E-state index contributed by atoms with van der Waals surface area (Å²) >= 11 is 0. The number of hydrogen-bond donors (Lipinski definition) is 1. The van der Waals surface area contributed by atoms with Gasteiger partial charge in [-0.25, -0.2) is 9.18 Å². The molecule has 0 aromatic heterocycles. The summed E-state index contributed by atoms with van der Waals surface area (Å²) in [5, 5.41) is 2.79. The number of halogens is 1. The number of anilines is 1. The van der Waals surface area contributed by atoms with E-state index in [4.69, 9.17) is 9.47 Å². The second kappa shape index (κ2) is 7.88. The summed E-state index contributed by atoms with van der Waals surface area (Å²) in [7, 11) is 0. The van der Waals surface area contributed by atoms with Crippen LogP contribution in [-0.2, 0) is 0 Å². The van der Waals surface area contributed by atoms with Gasteiger partial charge < -0.3 is 19.7 Å². The number of urea groups is 1. The smallest absolute Gasteiger partial charge is 0.321 e. The lowest BCUT2D eigenvalue weighted by Gasteiger charge is -2.31. The van der Waals surface area contributed by atoms with Crippen LogP contribution < -0.4 is 14.8 Å². The fraction of sp³-hybridized carbons (Fsp3) is 0.316. The Bertz CT molecular complexity index is 721. The van der Waals surface area contributed by atoms with Crippen LogP contribution in [0.15, 0.2) is 48.5 Å². The van der Waals surface area contributed by atoms with Gasteiger partial charge in [-0.2, -0.15) is 0 Å². The zero-order valence-electron chi connectivity index (χ0n) is 14.1. The summed E-state index contributed by atoms with van der Waals surface area (Å²) in [6.45, 7) is 3.40. The Kier molecular flexibility index (Phi) is 5.38. The largest absolute Gasteiger partial charge is 0.486 e. The molecule has 2 aromatic rings. The third kappa shape index (κ3) is 4.41. The summed E-state index contributed by atoms with van der Waals surface area (Å²) in [5.74, 6) is 1.07. The van der Waals surface area contributed by atoms with Gasteiger partial charge in [0.25, 0.3) is 0 Å². The van der Waals surface area contributed by atoms with Crippen LogP contribution in [0.25, 0.3) is 0 Å². The van der Waals surface area contributed by atoms with Crippen LogP contribution in [0.5, 0.6) is 11.5 Å². The summed E-state index contributed by atoms with van der Waals surface area (Å²) in [6, 6.07) is 12.9. The first-order chi connectivity index (χ1) is 12.2. The Morgan fingerprint density at radius 3 is 2.64 bits per heavy atom. The highest BCUT2D eigenvalue weighted by Crippen LogP contribution is 2.31. The first-order valence-electron chi connectivity index (χ1n) is 8.35. The maximum atomic E-state index is 13.0. The molecule has 0 radical (unpaired) electrons. The number of carbonyl (C=O) groups is 1. The molecule has 0 saturated carbocycles. The second-order valence-electron chi connectivity index (χ2n) is 5.88. The van der Waals surface area contributed by atoms with Crippen molar-refractivity contribution in [2.45, 2.75) is 19.4 Å². The SMILES string of the molecule is CCCN(CC1COc2ccccc2O1)C(=O)Nc1ccc(F)cc1. The maximum Gasteiger partial charge on any atom is 0.321 e. The molecule has 1 aliphatic heterocycles. The third-order valence-electron chi connectivity index (χ3n) is 3.87. The van der Waals surface area contributed by atoms with Crippen molar-refractivity contribution >= 4 is 11.7 Å². The fourth-order valence-corrected chi connectivity index (χ4v) is 2.68. The number of nitrogens with zero attached hydrogens (tertiary/aromatic N) is 1. The van der Waals surface area contributed by atoms with Crippen LogP contribution in [0.2, 0.25) is 0 Å². The molecule has 5 nitrogen and oxygen atoms in total. The number of fused-ring (bicyclic) bond motifs is 1. The van der Waals surface area contributed by atoms with Crippen LogP contribution in [0, 0.1) is 5.82 Å². The van der Waals surface area contributed by atoms with Crippen LogP contribution in [0.3, 0.4) is 0 Å². The highest BCUT2D eigenvalue weighted by molar-refractivity contribution is 5.89. The van der Waals surface area contributed by atoms with Gasteiger partial charge in [-0.15, -0.1) is 0 Å². The molecule has 0 fully saturated rings. The Hall–Kier alpha value is -2.76. The van der Waals surface area contributed by atoms with Crippen LogP contribution in [0.4, 0.5) is 14.9 Å². The minimum Gasteiger partial charge on any atom is -0.486 e. The zero-order chi connectivity index (χ0) is 17.6. The van der Waals surface area contributed by atoms with Gasteiger partial charge >= 0.3 is 6.03 Å². The van der Waals surface area contributed by atoms with Crippen LogP contribution in [-0.4, -0.2) is 36.7 Å². The molecule has 1 heterocycles. The van der Waals surface area contributed by atoms with Crippen molar-refractivity contribution in [3.05, 3.63) is 54.3 Å². The molecule has 3 rings (SSSR count). The van der Waals surface area contributed by atoms with Gasteiger partial charge in [-0.1, -0.05) is 19.1 Å². The Morgan fingerprint density at radius 1 is 1.20 bits per heavy atom. The predicted octanol–water partition coefficient (Wildman–Crippen LogP) is 3.91.